The third kappa shape index (κ3) is 3.71. The quantitative estimate of drug-likeness (QED) is 0.589. The van der Waals surface area contributed by atoms with Gasteiger partial charge in [-0.3, -0.25) is 15.0 Å². The van der Waals surface area contributed by atoms with Crippen molar-refractivity contribution in [1.29, 1.82) is 0 Å². The predicted molar refractivity (Wildman–Crippen MR) is 92.6 cm³/mol. The molecule has 1 saturated carbocycles. The van der Waals surface area contributed by atoms with Gasteiger partial charge in [-0.15, -0.1) is 0 Å². The van der Waals surface area contributed by atoms with Gasteiger partial charge >= 0.3 is 12.0 Å². The normalized spacial score (nSPS) is 18.2. The fourth-order valence-electron chi connectivity index (χ4n) is 3.40. The number of urea groups is 1. The van der Waals surface area contributed by atoms with Crippen molar-refractivity contribution in [2.24, 2.45) is 0 Å². The Morgan fingerprint density at radius 1 is 1.19 bits per heavy atom. The van der Waals surface area contributed by atoms with Crippen LogP contribution in [0.25, 0.3) is 0 Å². The summed E-state index contributed by atoms with van der Waals surface area (Å²) in [6.07, 6.45) is 3.78. The second-order valence-corrected chi connectivity index (χ2v) is 6.52. The molecule has 1 heterocycles. The molecule has 9 heteroatoms. The van der Waals surface area contributed by atoms with E-state index in [0.29, 0.717) is 23.6 Å². The third-order valence-corrected chi connectivity index (χ3v) is 4.77. The number of hydrazine groups is 1. The van der Waals surface area contributed by atoms with Crippen LogP contribution in [0, 0.1) is 0 Å². The molecule has 9 nitrogen and oxygen atoms in total. The molecule has 1 aromatic rings. The standard InChI is InChI=1S/C18H21N3O6/c1-26-13-8-4-3-7-12(13)15(23)27-11-14(22)20-21-16(24)18(19-17(21)25)9-5-2-6-10-18/h3-4,7-8H,2,5-6,9-11H2,1H3,(H,19,25)(H,20,22). The lowest BCUT2D eigenvalue weighted by Gasteiger charge is -2.30. The number of imide groups is 1. The van der Waals surface area contributed by atoms with Crippen LogP contribution in [0.15, 0.2) is 24.3 Å². The van der Waals surface area contributed by atoms with Gasteiger partial charge in [0.25, 0.3) is 11.8 Å². The molecule has 1 aromatic carbocycles. The van der Waals surface area contributed by atoms with Crippen LogP contribution in [-0.2, 0) is 14.3 Å². The molecular formula is C18H21N3O6. The van der Waals surface area contributed by atoms with Crippen molar-refractivity contribution in [1.82, 2.24) is 15.8 Å². The summed E-state index contributed by atoms with van der Waals surface area (Å²) in [4.78, 5) is 48.8. The smallest absolute Gasteiger partial charge is 0.344 e. The van der Waals surface area contributed by atoms with E-state index in [1.54, 1.807) is 18.2 Å². The molecule has 0 radical (unpaired) electrons. The number of amides is 4. The van der Waals surface area contributed by atoms with Gasteiger partial charge in [0.1, 0.15) is 16.9 Å². The molecule has 3 rings (SSSR count). The highest BCUT2D eigenvalue weighted by Crippen LogP contribution is 2.32. The zero-order valence-electron chi connectivity index (χ0n) is 14.9. The lowest BCUT2D eigenvalue weighted by atomic mass is 9.82. The maximum atomic E-state index is 12.6. The molecule has 2 fully saturated rings. The average Bonchev–Trinajstić information content (AvgIpc) is 2.90. The van der Waals surface area contributed by atoms with Crippen LogP contribution in [0.3, 0.4) is 0 Å². The van der Waals surface area contributed by atoms with Crippen molar-refractivity contribution in [3.05, 3.63) is 29.8 Å². The van der Waals surface area contributed by atoms with Gasteiger partial charge in [0.15, 0.2) is 6.61 Å². The van der Waals surface area contributed by atoms with Crippen molar-refractivity contribution >= 4 is 23.8 Å². The molecule has 1 spiro atoms. The van der Waals surface area contributed by atoms with Crippen LogP contribution in [-0.4, -0.2) is 48.1 Å². The first kappa shape index (κ1) is 18.7. The van der Waals surface area contributed by atoms with E-state index in [4.69, 9.17) is 9.47 Å². The summed E-state index contributed by atoms with van der Waals surface area (Å²) in [5.74, 6) is -1.69. The van der Waals surface area contributed by atoms with Gasteiger partial charge in [-0.1, -0.05) is 31.4 Å². The van der Waals surface area contributed by atoms with Crippen LogP contribution >= 0.6 is 0 Å². The number of ether oxygens (including phenoxy) is 2. The fraction of sp³-hybridized carbons (Fsp3) is 0.444. The first-order chi connectivity index (χ1) is 13.0. The number of nitrogens with one attached hydrogen (secondary N) is 2. The summed E-state index contributed by atoms with van der Waals surface area (Å²) in [6.45, 7) is -0.638. The van der Waals surface area contributed by atoms with E-state index in [-0.39, 0.29) is 5.56 Å². The Kier molecular flexibility index (Phi) is 5.29. The summed E-state index contributed by atoms with van der Waals surface area (Å²) < 4.78 is 10.0. The van der Waals surface area contributed by atoms with Gasteiger partial charge in [0, 0.05) is 0 Å². The van der Waals surface area contributed by atoms with E-state index in [1.807, 2.05) is 0 Å². The summed E-state index contributed by atoms with van der Waals surface area (Å²) in [6, 6.07) is 5.75. The van der Waals surface area contributed by atoms with Gasteiger partial charge in [0.05, 0.1) is 7.11 Å². The van der Waals surface area contributed by atoms with Crippen molar-refractivity contribution in [3.8, 4) is 5.75 Å². The van der Waals surface area contributed by atoms with Crippen LogP contribution in [0.2, 0.25) is 0 Å². The molecule has 2 aliphatic rings. The summed E-state index contributed by atoms with van der Waals surface area (Å²) in [5.41, 5.74) is 1.45. The largest absolute Gasteiger partial charge is 0.496 e. The highest BCUT2D eigenvalue weighted by molar-refractivity contribution is 6.08. The van der Waals surface area contributed by atoms with Crippen molar-refractivity contribution in [2.75, 3.05) is 13.7 Å². The number of esters is 1. The Morgan fingerprint density at radius 2 is 1.89 bits per heavy atom. The molecule has 4 amide bonds. The number of para-hydroxylation sites is 1. The van der Waals surface area contributed by atoms with Crippen molar-refractivity contribution in [2.45, 2.75) is 37.6 Å². The van der Waals surface area contributed by atoms with E-state index in [2.05, 4.69) is 10.7 Å². The Hall–Kier alpha value is -3.10. The number of methoxy groups -OCH3 is 1. The molecule has 0 unspecified atom stereocenters. The van der Waals surface area contributed by atoms with Gasteiger partial charge in [-0.05, 0) is 25.0 Å². The Labute approximate surface area is 156 Å². The number of carbonyl (C=O) groups is 4. The van der Waals surface area contributed by atoms with E-state index in [1.165, 1.54) is 13.2 Å². The number of hydrogen-bond acceptors (Lipinski definition) is 6. The fourth-order valence-corrected chi connectivity index (χ4v) is 3.40. The zero-order chi connectivity index (χ0) is 19.4. The topological polar surface area (TPSA) is 114 Å². The predicted octanol–water partition coefficient (Wildman–Crippen LogP) is 1.14. The summed E-state index contributed by atoms with van der Waals surface area (Å²) in [5, 5.41) is 3.35. The number of benzene rings is 1. The van der Waals surface area contributed by atoms with Gasteiger partial charge < -0.3 is 14.8 Å². The Balaban J connectivity index is 1.57. The molecule has 1 aliphatic carbocycles. The summed E-state index contributed by atoms with van der Waals surface area (Å²) in [7, 11) is 1.41. The zero-order valence-corrected chi connectivity index (χ0v) is 14.9. The minimum absolute atomic E-state index is 0.170. The van der Waals surface area contributed by atoms with Gasteiger partial charge in [-0.25, -0.2) is 9.59 Å². The van der Waals surface area contributed by atoms with Crippen molar-refractivity contribution < 1.29 is 28.7 Å². The summed E-state index contributed by atoms with van der Waals surface area (Å²) >= 11 is 0. The Morgan fingerprint density at radius 3 is 2.59 bits per heavy atom. The molecule has 144 valence electrons. The second kappa shape index (κ2) is 7.65. The number of nitrogens with zero attached hydrogens (tertiary/aromatic N) is 1. The maximum absolute atomic E-state index is 12.6. The average molecular weight is 375 g/mol. The molecular weight excluding hydrogens is 354 g/mol. The molecule has 1 aliphatic heterocycles. The lowest BCUT2D eigenvalue weighted by molar-refractivity contribution is -0.140. The van der Waals surface area contributed by atoms with E-state index < -0.39 is 36.0 Å². The number of hydrogen-bond donors (Lipinski definition) is 2. The van der Waals surface area contributed by atoms with Crippen LogP contribution < -0.4 is 15.5 Å². The minimum atomic E-state index is -0.934. The number of carbonyl (C=O) groups excluding carboxylic acids is 4. The van der Waals surface area contributed by atoms with E-state index in [9.17, 15) is 19.2 Å². The van der Waals surface area contributed by atoms with Gasteiger partial charge in [0.2, 0.25) is 0 Å². The van der Waals surface area contributed by atoms with Crippen molar-refractivity contribution in [3.63, 3.8) is 0 Å². The molecule has 27 heavy (non-hydrogen) atoms. The van der Waals surface area contributed by atoms with Crippen LogP contribution in [0.4, 0.5) is 4.79 Å². The first-order valence-electron chi connectivity index (χ1n) is 8.73. The monoisotopic (exact) mass is 375 g/mol. The molecule has 0 atom stereocenters. The third-order valence-electron chi connectivity index (χ3n) is 4.77. The maximum Gasteiger partial charge on any atom is 0.344 e. The lowest BCUT2D eigenvalue weighted by Crippen LogP contribution is -2.51. The SMILES string of the molecule is COc1ccccc1C(=O)OCC(=O)NN1C(=O)NC2(CCCCC2)C1=O. The van der Waals surface area contributed by atoms with E-state index in [0.717, 1.165) is 19.3 Å². The molecule has 2 N–H and O–H groups in total. The number of rotatable bonds is 5. The van der Waals surface area contributed by atoms with E-state index >= 15 is 0 Å². The first-order valence-corrected chi connectivity index (χ1v) is 8.73. The second-order valence-electron chi connectivity index (χ2n) is 6.52. The van der Waals surface area contributed by atoms with Gasteiger partial charge in [-0.2, -0.15) is 5.01 Å². The molecule has 0 bridgehead atoms. The minimum Gasteiger partial charge on any atom is -0.496 e. The highest BCUT2D eigenvalue weighted by Gasteiger charge is 2.52. The van der Waals surface area contributed by atoms with Crippen LogP contribution in [0.5, 0.6) is 5.75 Å². The molecule has 1 saturated heterocycles. The molecule has 0 aromatic heterocycles. The Bertz CT molecular complexity index is 772. The highest BCUT2D eigenvalue weighted by atomic mass is 16.5. The van der Waals surface area contributed by atoms with Crippen LogP contribution in [0.1, 0.15) is 42.5 Å².